The summed E-state index contributed by atoms with van der Waals surface area (Å²) in [4.78, 5) is 12.9. The number of para-hydroxylation sites is 1. The van der Waals surface area contributed by atoms with E-state index in [-0.39, 0.29) is 17.2 Å². The molecule has 0 aromatic heterocycles. The summed E-state index contributed by atoms with van der Waals surface area (Å²) in [5.41, 5.74) is 1.09. The van der Waals surface area contributed by atoms with Gasteiger partial charge in [0.2, 0.25) is 0 Å². The number of anilines is 1. The fraction of sp³-hybridized carbons (Fsp3) is 0.350. The number of ether oxygens (including phenoxy) is 1. The molecule has 126 valence electrons. The van der Waals surface area contributed by atoms with Gasteiger partial charge in [0.1, 0.15) is 17.7 Å². The molecule has 5 nitrogen and oxygen atoms in total. The number of carbonyl (C=O) groups excluding carboxylic acids is 1. The van der Waals surface area contributed by atoms with E-state index in [1.54, 1.807) is 12.1 Å². The van der Waals surface area contributed by atoms with Crippen molar-refractivity contribution in [1.29, 1.82) is 10.5 Å². The Morgan fingerprint density at radius 2 is 1.76 bits per heavy atom. The Labute approximate surface area is 147 Å². The highest BCUT2D eigenvalue weighted by molar-refractivity contribution is 6.08. The molecule has 1 amide bonds. The van der Waals surface area contributed by atoms with Gasteiger partial charge >= 0.3 is 0 Å². The van der Waals surface area contributed by atoms with Crippen LogP contribution in [0.15, 0.2) is 52.8 Å². The molecule has 0 saturated heterocycles. The minimum absolute atomic E-state index is 0.123. The second-order valence-electron chi connectivity index (χ2n) is 6.40. The zero-order valence-corrected chi connectivity index (χ0v) is 14.1. The highest BCUT2D eigenvalue weighted by Crippen LogP contribution is 2.48. The first kappa shape index (κ1) is 16.8. The molecule has 1 saturated carbocycles. The van der Waals surface area contributed by atoms with Crippen LogP contribution in [-0.2, 0) is 9.53 Å². The van der Waals surface area contributed by atoms with Crippen molar-refractivity contribution in [2.75, 3.05) is 5.32 Å². The van der Waals surface area contributed by atoms with Crippen LogP contribution in [0.5, 0.6) is 0 Å². The molecule has 0 atom stereocenters. The van der Waals surface area contributed by atoms with Crippen molar-refractivity contribution in [2.45, 2.75) is 44.6 Å². The van der Waals surface area contributed by atoms with Crippen molar-refractivity contribution >= 4 is 11.6 Å². The van der Waals surface area contributed by atoms with Crippen molar-refractivity contribution in [3.8, 4) is 12.1 Å². The smallest absolute Gasteiger partial charge is 0.259 e. The Hall–Kier alpha value is -3.05. The molecular formula is C20H19N3O2. The third-order valence-electron chi connectivity index (χ3n) is 4.95. The van der Waals surface area contributed by atoms with Crippen LogP contribution in [0, 0.1) is 22.7 Å². The van der Waals surface area contributed by atoms with Crippen LogP contribution >= 0.6 is 0 Å². The summed E-state index contributed by atoms with van der Waals surface area (Å²) >= 11 is 0. The minimum Gasteiger partial charge on any atom is -0.480 e. The molecule has 1 aromatic carbocycles. The van der Waals surface area contributed by atoms with Crippen molar-refractivity contribution in [3.63, 3.8) is 0 Å². The van der Waals surface area contributed by atoms with E-state index in [4.69, 9.17) is 4.74 Å². The maximum atomic E-state index is 12.9. The number of carbonyl (C=O) groups is 1. The molecule has 2 aliphatic rings. The Bertz CT molecular complexity index is 816. The molecular weight excluding hydrogens is 314 g/mol. The van der Waals surface area contributed by atoms with Crippen LogP contribution < -0.4 is 5.32 Å². The Kier molecular flexibility index (Phi) is 4.59. The number of amides is 1. The fourth-order valence-electron chi connectivity index (χ4n) is 3.61. The van der Waals surface area contributed by atoms with E-state index in [2.05, 4.69) is 5.32 Å². The minimum atomic E-state index is -0.560. The molecule has 1 spiro atoms. The van der Waals surface area contributed by atoms with Gasteiger partial charge in [-0.2, -0.15) is 10.5 Å². The number of hydrogen-bond donors (Lipinski definition) is 1. The Morgan fingerprint density at radius 1 is 1.12 bits per heavy atom. The number of rotatable bonds is 2. The average Bonchev–Trinajstić information content (AvgIpc) is 2.90. The normalized spacial score (nSPS) is 18.3. The molecule has 1 aliphatic heterocycles. The van der Waals surface area contributed by atoms with Crippen LogP contribution in [0.3, 0.4) is 0 Å². The monoisotopic (exact) mass is 333 g/mol. The summed E-state index contributed by atoms with van der Waals surface area (Å²) in [6.45, 7) is 1.88. The van der Waals surface area contributed by atoms with Gasteiger partial charge in [-0.15, -0.1) is 0 Å². The van der Waals surface area contributed by atoms with E-state index >= 15 is 0 Å². The lowest BCUT2D eigenvalue weighted by Crippen LogP contribution is -2.32. The van der Waals surface area contributed by atoms with Gasteiger partial charge in [0.15, 0.2) is 11.3 Å². The van der Waals surface area contributed by atoms with E-state index in [0.717, 1.165) is 37.7 Å². The zero-order chi connectivity index (χ0) is 17.9. The first-order chi connectivity index (χ1) is 12.1. The molecule has 5 heteroatoms. The summed E-state index contributed by atoms with van der Waals surface area (Å²) in [6, 6.07) is 12.8. The van der Waals surface area contributed by atoms with E-state index in [1.807, 2.05) is 37.3 Å². The van der Waals surface area contributed by atoms with Gasteiger partial charge in [0.25, 0.3) is 5.91 Å². The Morgan fingerprint density at radius 3 is 2.36 bits per heavy atom. The highest BCUT2D eigenvalue weighted by Gasteiger charge is 2.47. The van der Waals surface area contributed by atoms with Crippen molar-refractivity contribution in [2.24, 2.45) is 0 Å². The summed E-state index contributed by atoms with van der Waals surface area (Å²) in [5.74, 6) is -0.220. The molecule has 0 unspecified atom stereocenters. The van der Waals surface area contributed by atoms with Crippen molar-refractivity contribution in [3.05, 3.63) is 52.8 Å². The van der Waals surface area contributed by atoms with Gasteiger partial charge in [-0.25, -0.2) is 0 Å². The molecule has 3 rings (SSSR count). The standard InChI is InChI=1S/C20H19N3O2/c1-14-17(19(24)23-16-8-4-2-5-9-16)18(15(12-21)13-22)25-20(14)10-6-3-7-11-20/h2,4-5,8-9H,3,6-7,10-11H2,1H3,(H,23,24). The molecule has 0 radical (unpaired) electrons. The highest BCUT2D eigenvalue weighted by atomic mass is 16.5. The van der Waals surface area contributed by atoms with Gasteiger partial charge in [-0.3, -0.25) is 4.79 Å². The van der Waals surface area contributed by atoms with E-state index in [1.165, 1.54) is 0 Å². The van der Waals surface area contributed by atoms with Crippen molar-refractivity contribution < 1.29 is 9.53 Å². The lowest BCUT2D eigenvalue weighted by molar-refractivity contribution is -0.112. The van der Waals surface area contributed by atoms with E-state index in [0.29, 0.717) is 11.3 Å². The first-order valence-electron chi connectivity index (χ1n) is 8.43. The molecule has 1 fully saturated rings. The number of benzene rings is 1. The van der Waals surface area contributed by atoms with Crippen LogP contribution in [0.1, 0.15) is 39.0 Å². The molecule has 1 heterocycles. The quantitative estimate of drug-likeness (QED) is 0.830. The van der Waals surface area contributed by atoms with Crippen LogP contribution in [0.2, 0.25) is 0 Å². The predicted molar refractivity (Wildman–Crippen MR) is 92.9 cm³/mol. The molecule has 0 bridgehead atoms. The van der Waals surface area contributed by atoms with Gasteiger partial charge < -0.3 is 10.1 Å². The van der Waals surface area contributed by atoms with Gasteiger partial charge in [0, 0.05) is 5.69 Å². The van der Waals surface area contributed by atoms with Crippen LogP contribution in [0.4, 0.5) is 5.69 Å². The predicted octanol–water partition coefficient (Wildman–Crippen LogP) is 3.98. The maximum Gasteiger partial charge on any atom is 0.259 e. The third kappa shape index (κ3) is 3.02. The first-order valence-corrected chi connectivity index (χ1v) is 8.43. The fourth-order valence-corrected chi connectivity index (χ4v) is 3.61. The maximum absolute atomic E-state index is 12.9. The second-order valence-corrected chi connectivity index (χ2v) is 6.40. The molecule has 1 aromatic rings. The summed E-state index contributed by atoms with van der Waals surface area (Å²) in [7, 11) is 0. The SMILES string of the molecule is CC1=C(C(=O)Nc2ccccc2)C(=C(C#N)C#N)OC12CCCCC2. The Balaban J connectivity index is 2.04. The lowest BCUT2D eigenvalue weighted by Gasteiger charge is -2.34. The number of nitriles is 2. The number of hydrogen-bond acceptors (Lipinski definition) is 4. The number of allylic oxidation sites excluding steroid dienone is 1. The van der Waals surface area contributed by atoms with Crippen LogP contribution in [-0.4, -0.2) is 11.5 Å². The van der Waals surface area contributed by atoms with Gasteiger partial charge in [-0.05, 0) is 50.3 Å². The van der Waals surface area contributed by atoms with Gasteiger partial charge in [-0.1, -0.05) is 24.6 Å². The largest absolute Gasteiger partial charge is 0.480 e. The summed E-state index contributed by atoms with van der Waals surface area (Å²) in [6.07, 6.45) is 4.74. The number of nitrogens with zero attached hydrogens (tertiary/aromatic N) is 2. The lowest BCUT2D eigenvalue weighted by atomic mass is 9.79. The van der Waals surface area contributed by atoms with Gasteiger partial charge in [0.05, 0.1) is 5.57 Å². The van der Waals surface area contributed by atoms with E-state index in [9.17, 15) is 15.3 Å². The average molecular weight is 333 g/mol. The topological polar surface area (TPSA) is 85.9 Å². The van der Waals surface area contributed by atoms with E-state index < -0.39 is 5.60 Å². The molecule has 1 N–H and O–H groups in total. The second kappa shape index (κ2) is 6.83. The summed E-state index contributed by atoms with van der Waals surface area (Å²) < 4.78 is 6.12. The van der Waals surface area contributed by atoms with Crippen molar-refractivity contribution in [1.82, 2.24) is 0 Å². The molecule has 1 aliphatic carbocycles. The molecule has 25 heavy (non-hydrogen) atoms. The van der Waals surface area contributed by atoms with Crippen LogP contribution in [0.25, 0.3) is 0 Å². The number of nitrogens with one attached hydrogen (secondary N) is 1. The zero-order valence-electron chi connectivity index (χ0n) is 14.1. The summed E-state index contributed by atoms with van der Waals surface area (Å²) in [5, 5.41) is 21.4. The third-order valence-corrected chi connectivity index (χ3v) is 4.95.